The van der Waals surface area contributed by atoms with E-state index in [0.717, 1.165) is 11.5 Å². The van der Waals surface area contributed by atoms with Gasteiger partial charge in [-0.2, -0.15) is 5.26 Å². The van der Waals surface area contributed by atoms with Crippen LogP contribution in [0.4, 0.5) is 5.82 Å². The number of rotatable bonds is 5. The van der Waals surface area contributed by atoms with Crippen LogP contribution >= 0.6 is 0 Å². The molecular formula is C11H16N4O. The molecule has 0 bridgehead atoms. The quantitative estimate of drug-likeness (QED) is 0.748. The molecule has 0 saturated heterocycles. The van der Waals surface area contributed by atoms with Crippen molar-refractivity contribution in [3.8, 4) is 6.07 Å². The van der Waals surface area contributed by atoms with Crippen LogP contribution in [-0.2, 0) is 11.3 Å². The van der Waals surface area contributed by atoms with Crippen LogP contribution < -0.4 is 4.90 Å². The maximum Gasteiger partial charge on any atom is 0.156 e. The van der Waals surface area contributed by atoms with Crippen molar-refractivity contribution in [2.24, 2.45) is 0 Å². The number of aromatic nitrogens is 2. The lowest BCUT2D eigenvalue weighted by Crippen LogP contribution is -2.20. The molecule has 0 radical (unpaired) electrons. The summed E-state index contributed by atoms with van der Waals surface area (Å²) in [4.78, 5) is 10.6. The van der Waals surface area contributed by atoms with Crippen molar-refractivity contribution in [3.63, 3.8) is 0 Å². The molecule has 0 saturated carbocycles. The van der Waals surface area contributed by atoms with Crippen molar-refractivity contribution >= 4 is 5.82 Å². The fourth-order valence-electron chi connectivity index (χ4n) is 1.33. The first-order chi connectivity index (χ1) is 7.67. The van der Waals surface area contributed by atoms with E-state index in [2.05, 4.69) is 16.0 Å². The first kappa shape index (κ1) is 12.4. The third kappa shape index (κ3) is 3.48. The van der Waals surface area contributed by atoms with Gasteiger partial charge in [0.15, 0.2) is 5.82 Å². The minimum atomic E-state index is 0.404. The van der Waals surface area contributed by atoms with Gasteiger partial charge in [-0.25, -0.2) is 9.97 Å². The highest BCUT2D eigenvalue weighted by Gasteiger charge is 2.06. The maximum absolute atomic E-state index is 8.53. The topological polar surface area (TPSA) is 62.0 Å². The van der Waals surface area contributed by atoms with Gasteiger partial charge in [0, 0.05) is 32.5 Å². The molecule has 0 aromatic carbocycles. The van der Waals surface area contributed by atoms with E-state index in [4.69, 9.17) is 10.00 Å². The molecule has 86 valence electrons. The van der Waals surface area contributed by atoms with Gasteiger partial charge >= 0.3 is 0 Å². The van der Waals surface area contributed by atoms with Crippen LogP contribution in [0, 0.1) is 18.3 Å². The molecule has 5 nitrogen and oxygen atoms in total. The molecule has 1 rings (SSSR count). The van der Waals surface area contributed by atoms with Crippen LogP contribution in [0.5, 0.6) is 0 Å². The summed E-state index contributed by atoms with van der Waals surface area (Å²) in [7, 11) is 3.53. The zero-order valence-electron chi connectivity index (χ0n) is 9.90. The summed E-state index contributed by atoms with van der Waals surface area (Å²) in [6.07, 6.45) is 0.485. The summed E-state index contributed by atoms with van der Waals surface area (Å²) in [5.41, 5.74) is 0.904. The summed E-state index contributed by atoms with van der Waals surface area (Å²) >= 11 is 0. The standard InChI is InChI=1S/C11H16N4O/c1-9-7-11(15(2)6-4-5-12)14-10(13-9)8-16-3/h7H,4,6,8H2,1-3H3. The van der Waals surface area contributed by atoms with Crippen LogP contribution in [-0.4, -0.2) is 30.7 Å². The van der Waals surface area contributed by atoms with Crippen molar-refractivity contribution in [1.82, 2.24) is 9.97 Å². The van der Waals surface area contributed by atoms with Gasteiger partial charge in [0.05, 0.1) is 12.5 Å². The van der Waals surface area contributed by atoms with Gasteiger partial charge in [-0.05, 0) is 6.92 Å². The van der Waals surface area contributed by atoms with Crippen molar-refractivity contribution in [3.05, 3.63) is 17.6 Å². The summed E-state index contributed by atoms with van der Waals surface area (Å²) in [6, 6.07) is 4.01. The molecule has 0 fully saturated rings. The molecule has 1 aromatic heterocycles. The Balaban J connectivity index is 2.82. The fourth-order valence-corrected chi connectivity index (χ4v) is 1.33. The molecule has 0 N–H and O–H groups in total. The van der Waals surface area contributed by atoms with E-state index >= 15 is 0 Å². The largest absolute Gasteiger partial charge is 0.377 e. The summed E-state index contributed by atoms with van der Waals surface area (Å²) in [5.74, 6) is 1.50. The van der Waals surface area contributed by atoms with Crippen LogP contribution in [0.15, 0.2) is 6.07 Å². The van der Waals surface area contributed by atoms with Crippen molar-refractivity contribution in [2.75, 3.05) is 25.6 Å². The number of anilines is 1. The number of nitriles is 1. The molecule has 1 heterocycles. The highest BCUT2D eigenvalue weighted by Crippen LogP contribution is 2.11. The Labute approximate surface area is 95.7 Å². The van der Waals surface area contributed by atoms with Gasteiger partial charge in [-0.15, -0.1) is 0 Å². The lowest BCUT2D eigenvalue weighted by molar-refractivity contribution is 0.177. The van der Waals surface area contributed by atoms with Gasteiger partial charge in [-0.3, -0.25) is 0 Å². The molecule has 0 aliphatic rings. The molecule has 5 heteroatoms. The smallest absolute Gasteiger partial charge is 0.156 e. The Bertz CT molecular complexity index is 386. The third-order valence-electron chi connectivity index (χ3n) is 2.11. The maximum atomic E-state index is 8.53. The molecule has 16 heavy (non-hydrogen) atoms. The minimum Gasteiger partial charge on any atom is -0.377 e. The predicted molar refractivity (Wildman–Crippen MR) is 61.0 cm³/mol. The Morgan fingerprint density at radius 1 is 1.50 bits per heavy atom. The summed E-state index contributed by atoms with van der Waals surface area (Å²) in [5, 5.41) is 8.53. The Hall–Kier alpha value is -1.67. The number of methoxy groups -OCH3 is 1. The molecule has 0 amide bonds. The number of hydrogen-bond donors (Lipinski definition) is 0. The van der Waals surface area contributed by atoms with Crippen LogP contribution in [0.1, 0.15) is 17.9 Å². The van der Waals surface area contributed by atoms with E-state index in [1.54, 1.807) is 7.11 Å². The lowest BCUT2D eigenvalue weighted by Gasteiger charge is -2.17. The number of aryl methyl sites for hydroxylation is 1. The number of hydrogen-bond acceptors (Lipinski definition) is 5. The first-order valence-electron chi connectivity index (χ1n) is 5.09. The van der Waals surface area contributed by atoms with Gasteiger partial charge < -0.3 is 9.64 Å². The zero-order valence-corrected chi connectivity index (χ0v) is 9.90. The Kier molecular flexibility index (Phi) is 4.67. The van der Waals surface area contributed by atoms with Crippen LogP contribution in [0.3, 0.4) is 0 Å². The molecule has 0 aliphatic carbocycles. The second-order valence-electron chi connectivity index (χ2n) is 3.55. The molecule has 0 atom stereocenters. The van der Waals surface area contributed by atoms with Gasteiger partial charge in [0.1, 0.15) is 12.4 Å². The van der Waals surface area contributed by atoms with E-state index in [1.165, 1.54) is 0 Å². The van der Waals surface area contributed by atoms with Crippen molar-refractivity contribution in [1.29, 1.82) is 5.26 Å². The van der Waals surface area contributed by atoms with Gasteiger partial charge in [0.25, 0.3) is 0 Å². The van der Waals surface area contributed by atoms with E-state index in [1.807, 2.05) is 24.9 Å². The second-order valence-corrected chi connectivity index (χ2v) is 3.55. The molecule has 1 aromatic rings. The third-order valence-corrected chi connectivity index (χ3v) is 2.11. The zero-order chi connectivity index (χ0) is 12.0. The SMILES string of the molecule is COCc1nc(C)cc(N(C)CCC#N)n1. The van der Waals surface area contributed by atoms with Gasteiger partial charge in [0.2, 0.25) is 0 Å². The fraction of sp³-hybridized carbons (Fsp3) is 0.545. The minimum absolute atomic E-state index is 0.404. The summed E-state index contributed by atoms with van der Waals surface area (Å²) in [6.45, 7) is 2.99. The summed E-state index contributed by atoms with van der Waals surface area (Å²) < 4.78 is 5.00. The highest BCUT2D eigenvalue weighted by atomic mass is 16.5. The molecular weight excluding hydrogens is 204 g/mol. The molecule has 0 aliphatic heterocycles. The van der Waals surface area contributed by atoms with Crippen molar-refractivity contribution in [2.45, 2.75) is 20.0 Å². The Morgan fingerprint density at radius 3 is 2.88 bits per heavy atom. The predicted octanol–water partition coefficient (Wildman–Crippen LogP) is 1.28. The van der Waals surface area contributed by atoms with E-state index < -0.39 is 0 Å². The lowest BCUT2D eigenvalue weighted by atomic mass is 10.3. The molecule has 0 unspecified atom stereocenters. The van der Waals surface area contributed by atoms with Crippen molar-refractivity contribution < 1.29 is 4.74 Å². The number of ether oxygens (including phenoxy) is 1. The normalized spacial score (nSPS) is 9.88. The second kappa shape index (κ2) is 6.03. The average molecular weight is 220 g/mol. The van der Waals surface area contributed by atoms with Gasteiger partial charge in [-0.1, -0.05) is 0 Å². The Morgan fingerprint density at radius 2 is 2.25 bits per heavy atom. The van der Waals surface area contributed by atoms with Crippen LogP contribution in [0.25, 0.3) is 0 Å². The average Bonchev–Trinajstić information content (AvgIpc) is 2.25. The monoisotopic (exact) mass is 220 g/mol. The van der Waals surface area contributed by atoms with E-state index in [-0.39, 0.29) is 0 Å². The van der Waals surface area contributed by atoms with Crippen LogP contribution in [0.2, 0.25) is 0 Å². The van der Waals surface area contributed by atoms with E-state index in [0.29, 0.717) is 25.4 Å². The number of nitrogens with zero attached hydrogens (tertiary/aromatic N) is 4. The first-order valence-corrected chi connectivity index (χ1v) is 5.09. The highest BCUT2D eigenvalue weighted by molar-refractivity contribution is 5.38. The molecule has 0 spiro atoms. The van der Waals surface area contributed by atoms with E-state index in [9.17, 15) is 0 Å².